The van der Waals surface area contributed by atoms with Crippen LogP contribution in [0.3, 0.4) is 0 Å². The van der Waals surface area contributed by atoms with Gasteiger partial charge in [0, 0.05) is 5.97 Å². The van der Waals surface area contributed by atoms with E-state index in [2.05, 4.69) is 54.5 Å². The summed E-state index contributed by atoms with van der Waals surface area (Å²) in [7, 11) is 0. The molecule has 0 unspecified atom stereocenters. The first-order chi connectivity index (χ1) is 15.4. The molecule has 0 saturated heterocycles. The van der Waals surface area contributed by atoms with Crippen LogP contribution >= 0.6 is 0 Å². The molecule has 8 atom stereocenters. The molecule has 0 aliphatic heterocycles. The molecule has 2 heteroatoms. The van der Waals surface area contributed by atoms with Crippen molar-refractivity contribution in [1.29, 1.82) is 0 Å². The first-order valence-electron chi connectivity index (χ1n) is 14.3. The SMILES string of the molecule is CC(C)CCC[C@@H](C)[C@H]1CC[C@H]2[C@@H]3CC=C4C(C)(C)[C@@H](CC(=O)[O-])CC[C@]4(C)[C@H]3CC[C@]12C. The summed E-state index contributed by atoms with van der Waals surface area (Å²) in [6.45, 7) is 17.1. The quantitative estimate of drug-likeness (QED) is 0.375. The Bertz CT molecular complexity index is 763. The Balaban J connectivity index is 1.53. The van der Waals surface area contributed by atoms with Gasteiger partial charge in [-0.25, -0.2) is 0 Å². The number of carbonyl (C=O) groups is 1. The highest BCUT2D eigenvalue weighted by atomic mass is 16.4. The van der Waals surface area contributed by atoms with Crippen molar-refractivity contribution in [2.45, 2.75) is 119 Å². The van der Waals surface area contributed by atoms with Crippen molar-refractivity contribution >= 4 is 5.97 Å². The van der Waals surface area contributed by atoms with Crippen molar-refractivity contribution in [3.63, 3.8) is 0 Å². The fraction of sp³-hybridized carbons (Fsp3) is 0.903. The lowest BCUT2D eigenvalue weighted by Crippen LogP contribution is -2.54. The van der Waals surface area contributed by atoms with Gasteiger partial charge in [0.1, 0.15) is 0 Å². The van der Waals surface area contributed by atoms with Gasteiger partial charge < -0.3 is 9.90 Å². The lowest BCUT2D eigenvalue weighted by Gasteiger charge is -2.62. The van der Waals surface area contributed by atoms with Crippen LogP contribution in [-0.2, 0) is 4.79 Å². The van der Waals surface area contributed by atoms with Crippen LogP contribution < -0.4 is 5.11 Å². The van der Waals surface area contributed by atoms with Gasteiger partial charge in [0.25, 0.3) is 0 Å². The summed E-state index contributed by atoms with van der Waals surface area (Å²) < 4.78 is 0. The third-order valence-electron chi connectivity index (χ3n) is 11.8. The summed E-state index contributed by atoms with van der Waals surface area (Å²) >= 11 is 0. The molecule has 4 aliphatic rings. The summed E-state index contributed by atoms with van der Waals surface area (Å²) in [5, 5.41) is 11.4. The first kappa shape index (κ1) is 25.3. The van der Waals surface area contributed by atoms with Crippen LogP contribution in [0.15, 0.2) is 11.6 Å². The van der Waals surface area contributed by atoms with Crippen molar-refractivity contribution in [1.82, 2.24) is 0 Å². The molecule has 0 amide bonds. The van der Waals surface area contributed by atoms with E-state index in [1.807, 2.05) is 0 Å². The summed E-state index contributed by atoms with van der Waals surface area (Å²) in [4.78, 5) is 11.4. The molecule has 0 N–H and O–H groups in total. The lowest BCUT2D eigenvalue weighted by molar-refractivity contribution is -0.307. The van der Waals surface area contributed by atoms with Gasteiger partial charge in [0.2, 0.25) is 0 Å². The predicted octanol–water partition coefficient (Wildman–Crippen LogP) is 7.42. The van der Waals surface area contributed by atoms with E-state index >= 15 is 0 Å². The zero-order valence-corrected chi connectivity index (χ0v) is 22.7. The summed E-state index contributed by atoms with van der Waals surface area (Å²) in [5.74, 6) is 4.44. The van der Waals surface area contributed by atoms with Gasteiger partial charge >= 0.3 is 0 Å². The van der Waals surface area contributed by atoms with E-state index in [-0.39, 0.29) is 23.2 Å². The van der Waals surface area contributed by atoms with Crippen molar-refractivity contribution in [3.05, 3.63) is 11.6 Å². The fourth-order valence-corrected chi connectivity index (χ4v) is 10.1. The maximum absolute atomic E-state index is 11.4. The molecule has 0 spiro atoms. The minimum absolute atomic E-state index is 0.0259. The van der Waals surface area contributed by atoms with Gasteiger partial charge in [-0.15, -0.1) is 0 Å². The maximum Gasteiger partial charge on any atom is 0.0417 e. The van der Waals surface area contributed by atoms with E-state index in [0.717, 1.165) is 41.9 Å². The molecule has 4 rings (SSSR count). The number of fused-ring (bicyclic) bond motifs is 5. The number of carboxylic acid groups (broad SMARTS) is 1. The Labute approximate surface area is 204 Å². The molecule has 188 valence electrons. The van der Waals surface area contributed by atoms with Crippen LogP contribution in [0.25, 0.3) is 0 Å². The average molecular weight is 456 g/mol. The van der Waals surface area contributed by atoms with Crippen LogP contribution in [-0.4, -0.2) is 5.97 Å². The first-order valence-corrected chi connectivity index (χ1v) is 14.3. The smallest absolute Gasteiger partial charge is 0.0417 e. The zero-order chi connectivity index (χ0) is 24.2. The molecular weight excluding hydrogens is 404 g/mol. The topological polar surface area (TPSA) is 40.1 Å². The molecule has 4 aliphatic carbocycles. The van der Waals surface area contributed by atoms with Gasteiger partial charge in [0.15, 0.2) is 0 Å². The number of allylic oxidation sites excluding steroid dienone is 2. The van der Waals surface area contributed by atoms with Crippen molar-refractivity contribution < 1.29 is 9.90 Å². The monoisotopic (exact) mass is 455 g/mol. The maximum atomic E-state index is 11.4. The molecule has 2 nitrogen and oxygen atoms in total. The van der Waals surface area contributed by atoms with Gasteiger partial charge in [0.05, 0.1) is 0 Å². The van der Waals surface area contributed by atoms with E-state index in [1.54, 1.807) is 5.57 Å². The number of rotatable bonds is 7. The highest BCUT2D eigenvalue weighted by Gasteiger charge is 2.61. The Morgan fingerprint density at radius 1 is 1.00 bits per heavy atom. The minimum Gasteiger partial charge on any atom is -0.550 e. The Morgan fingerprint density at radius 3 is 2.39 bits per heavy atom. The van der Waals surface area contributed by atoms with Crippen LogP contribution in [0, 0.1) is 57.7 Å². The largest absolute Gasteiger partial charge is 0.550 e. The lowest BCUT2D eigenvalue weighted by atomic mass is 9.43. The Morgan fingerprint density at radius 2 is 1.73 bits per heavy atom. The summed E-state index contributed by atoms with van der Waals surface area (Å²) in [5.41, 5.74) is 2.36. The second-order valence-electron chi connectivity index (χ2n) is 14.2. The summed E-state index contributed by atoms with van der Waals surface area (Å²) in [6.07, 6.45) is 16.1. The molecule has 3 saturated carbocycles. The Hall–Kier alpha value is -0.790. The van der Waals surface area contributed by atoms with Crippen LogP contribution in [0.2, 0.25) is 0 Å². The molecule has 0 radical (unpaired) electrons. The fourth-order valence-electron chi connectivity index (χ4n) is 10.1. The molecule has 0 aromatic carbocycles. The highest BCUT2D eigenvalue weighted by Crippen LogP contribution is 2.69. The van der Waals surface area contributed by atoms with Gasteiger partial charge in [-0.3, -0.25) is 0 Å². The van der Waals surface area contributed by atoms with Crippen LogP contribution in [0.5, 0.6) is 0 Å². The van der Waals surface area contributed by atoms with Crippen molar-refractivity contribution in [2.75, 3.05) is 0 Å². The number of hydrogen-bond donors (Lipinski definition) is 0. The standard InChI is InChI=1S/C31H52O2/c1-20(2)9-8-10-21(3)24-12-13-25-23-11-14-27-29(4,5)22(19-28(32)33)15-17-31(27,7)26(23)16-18-30(24,25)6/h14,20-26H,8-13,15-19H2,1-7H3,(H,32,33)/p-1/t21-,22-,23+,24-,25+,26+,30-,31-/m1/s1. The van der Waals surface area contributed by atoms with Gasteiger partial charge in [-0.2, -0.15) is 0 Å². The summed E-state index contributed by atoms with van der Waals surface area (Å²) in [6, 6.07) is 0. The van der Waals surface area contributed by atoms with Crippen molar-refractivity contribution in [3.8, 4) is 0 Å². The molecule has 0 aromatic heterocycles. The van der Waals surface area contributed by atoms with Crippen molar-refractivity contribution in [2.24, 2.45) is 57.7 Å². The molecule has 0 bridgehead atoms. The third-order valence-corrected chi connectivity index (χ3v) is 11.8. The van der Waals surface area contributed by atoms with Gasteiger partial charge in [-0.1, -0.05) is 79.4 Å². The third kappa shape index (κ3) is 4.24. The second-order valence-corrected chi connectivity index (χ2v) is 14.2. The second kappa shape index (κ2) is 9.02. The molecule has 0 aromatic rings. The predicted molar refractivity (Wildman–Crippen MR) is 135 cm³/mol. The van der Waals surface area contributed by atoms with Gasteiger partial charge in [-0.05, 0) is 109 Å². The normalized spacial score (nSPS) is 42.8. The van der Waals surface area contributed by atoms with E-state index in [1.165, 1.54) is 57.8 Å². The molecular formula is C31H51O2-. The number of aliphatic carboxylic acids is 1. The highest BCUT2D eigenvalue weighted by molar-refractivity contribution is 5.65. The van der Waals surface area contributed by atoms with E-state index in [0.29, 0.717) is 5.41 Å². The van der Waals surface area contributed by atoms with Crippen LogP contribution in [0.4, 0.5) is 0 Å². The Kier molecular flexibility index (Phi) is 6.91. The molecule has 0 heterocycles. The van der Waals surface area contributed by atoms with E-state index < -0.39 is 5.97 Å². The van der Waals surface area contributed by atoms with E-state index in [9.17, 15) is 9.90 Å². The molecule has 33 heavy (non-hydrogen) atoms. The van der Waals surface area contributed by atoms with E-state index in [4.69, 9.17) is 0 Å². The zero-order valence-electron chi connectivity index (χ0n) is 22.7. The van der Waals surface area contributed by atoms with Crippen LogP contribution in [0.1, 0.15) is 119 Å². The molecule has 3 fully saturated rings. The average Bonchev–Trinajstić information content (AvgIpc) is 3.07. The number of hydrogen-bond acceptors (Lipinski definition) is 2. The minimum atomic E-state index is -0.876. The number of carboxylic acids is 1. The number of carbonyl (C=O) groups excluding carboxylic acids is 1.